The van der Waals surface area contributed by atoms with E-state index >= 15 is 0 Å². The molecule has 3 N–H and O–H groups in total. The van der Waals surface area contributed by atoms with Crippen LogP contribution in [0.5, 0.6) is 0 Å². The first-order chi connectivity index (χ1) is 18.4. The summed E-state index contributed by atoms with van der Waals surface area (Å²) >= 11 is 0. The molecule has 4 bridgehead atoms. The van der Waals surface area contributed by atoms with E-state index in [1.54, 1.807) is 0 Å². The number of hydrogen-bond donors (Lipinski definition) is 2. The molecule has 1 heterocycles. The Bertz CT molecular complexity index is 1320. The summed E-state index contributed by atoms with van der Waals surface area (Å²) in [5.74, 6) is -0.127. The Morgan fingerprint density at radius 1 is 0.974 bits per heavy atom. The highest BCUT2D eigenvalue weighted by molar-refractivity contribution is 5.95. The molecular weight excluding hydrogens is 470 g/mol. The van der Waals surface area contributed by atoms with Crippen LogP contribution in [0.2, 0.25) is 0 Å². The van der Waals surface area contributed by atoms with Gasteiger partial charge in [0.1, 0.15) is 0 Å². The Hall–Kier alpha value is -3.46. The highest BCUT2D eigenvalue weighted by atomic mass is 16.5. The molecule has 5 nitrogen and oxygen atoms in total. The number of amides is 1. The summed E-state index contributed by atoms with van der Waals surface area (Å²) in [6.07, 6.45) is 6.00. The lowest BCUT2D eigenvalue weighted by molar-refractivity contribution is 0.0788. The third-order valence-electron chi connectivity index (χ3n) is 8.01. The molecule has 5 heteroatoms. The van der Waals surface area contributed by atoms with Crippen LogP contribution in [0.15, 0.2) is 72.8 Å². The number of rotatable bonds is 2. The van der Waals surface area contributed by atoms with Crippen molar-refractivity contribution in [2.24, 2.45) is 5.73 Å². The minimum Gasteiger partial charge on any atom is -0.375 e. The predicted octanol–water partition coefficient (Wildman–Crippen LogP) is 5.92. The van der Waals surface area contributed by atoms with Gasteiger partial charge < -0.3 is 15.8 Å². The van der Waals surface area contributed by atoms with Crippen molar-refractivity contribution >= 4 is 5.91 Å². The molecule has 3 aromatic rings. The van der Waals surface area contributed by atoms with Crippen LogP contribution in [-0.4, -0.2) is 18.1 Å². The zero-order chi connectivity index (χ0) is 26.6. The monoisotopic (exact) mass is 507 g/mol. The number of carbonyl (C=O) groups excluding carboxylic acids is 1. The molecule has 1 aliphatic heterocycles. The van der Waals surface area contributed by atoms with Crippen molar-refractivity contribution in [2.75, 3.05) is 6.61 Å². The van der Waals surface area contributed by atoms with E-state index in [9.17, 15) is 10.1 Å². The Morgan fingerprint density at radius 3 is 2.50 bits per heavy atom. The van der Waals surface area contributed by atoms with Gasteiger partial charge in [-0.25, -0.2) is 0 Å². The van der Waals surface area contributed by atoms with Crippen molar-refractivity contribution < 1.29 is 9.53 Å². The van der Waals surface area contributed by atoms with Crippen LogP contribution in [0.1, 0.15) is 83.2 Å². The molecule has 0 aromatic heterocycles. The van der Waals surface area contributed by atoms with E-state index < -0.39 is 11.0 Å². The summed E-state index contributed by atoms with van der Waals surface area (Å²) in [5, 5.41) is 13.5. The second-order valence-electron chi connectivity index (χ2n) is 11.4. The van der Waals surface area contributed by atoms with Gasteiger partial charge >= 0.3 is 0 Å². The fourth-order valence-corrected chi connectivity index (χ4v) is 6.00. The molecule has 2 atom stereocenters. The highest BCUT2D eigenvalue weighted by Crippen LogP contribution is 2.41. The van der Waals surface area contributed by atoms with Gasteiger partial charge in [0.2, 0.25) is 0 Å². The lowest BCUT2D eigenvalue weighted by atomic mass is 9.79. The van der Waals surface area contributed by atoms with Crippen LogP contribution in [-0.2, 0) is 29.6 Å². The van der Waals surface area contributed by atoms with Gasteiger partial charge in [0.05, 0.1) is 30.7 Å². The first kappa shape index (κ1) is 26.2. The molecule has 1 saturated carbocycles. The Labute approximate surface area is 226 Å². The topological polar surface area (TPSA) is 88.1 Å². The maximum atomic E-state index is 13.7. The number of nitrogens with zero attached hydrogens (tertiary/aromatic N) is 1. The number of fused-ring (bicyclic) bond motifs is 4. The fraction of sp³-hybridized carbons (Fsp3) is 0.394. The Morgan fingerprint density at radius 2 is 1.74 bits per heavy atom. The molecule has 2 unspecified atom stereocenters. The number of benzene rings is 3. The summed E-state index contributed by atoms with van der Waals surface area (Å²) in [4.78, 5) is 13.7. The number of nitrogens with two attached hydrogens (primary N) is 1. The van der Waals surface area contributed by atoms with Crippen LogP contribution >= 0.6 is 0 Å². The standard InChI is InChI=1S/C33H37N3O2/c1-32(35)20-25-9-7-8-24(16-25)12-13-30(27-10-3-2-4-11-27)36-31(37)28-17-26(21-38-23-32)18-29(19-28)33(22-34)14-5-6-15-33/h2-4,7-11,16-19,30H,5-6,12-15,20-21,23,35H2,1H3,(H,36,37). The van der Waals surface area contributed by atoms with E-state index in [0.29, 0.717) is 25.2 Å². The molecule has 1 amide bonds. The first-order valence-corrected chi connectivity index (χ1v) is 13.7. The Kier molecular flexibility index (Phi) is 7.65. The lowest BCUT2D eigenvalue weighted by Crippen LogP contribution is -2.43. The van der Waals surface area contributed by atoms with E-state index in [1.807, 2.05) is 37.3 Å². The molecule has 196 valence electrons. The Balaban J connectivity index is 1.53. The number of hydrogen-bond acceptors (Lipinski definition) is 4. The summed E-state index contributed by atoms with van der Waals surface area (Å²) < 4.78 is 6.13. The second kappa shape index (κ2) is 11.1. The van der Waals surface area contributed by atoms with Crippen molar-refractivity contribution in [3.63, 3.8) is 0 Å². The zero-order valence-electron chi connectivity index (χ0n) is 22.2. The summed E-state index contributed by atoms with van der Waals surface area (Å²) in [6.45, 7) is 2.75. The molecule has 0 saturated heterocycles. The predicted molar refractivity (Wildman–Crippen MR) is 150 cm³/mol. The van der Waals surface area contributed by atoms with Crippen LogP contribution in [0.4, 0.5) is 0 Å². The molecule has 38 heavy (non-hydrogen) atoms. The van der Waals surface area contributed by atoms with Crippen molar-refractivity contribution in [1.29, 1.82) is 5.26 Å². The number of carbonyl (C=O) groups is 1. The van der Waals surface area contributed by atoms with Crippen molar-refractivity contribution in [2.45, 2.75) is 75.5 Å². The van der Waals surface area contributed by atoms with Crippen LogP contribution in [0, 0.1) is 11.3 Å². The maximum Gasteiger partial charge on any atom is 0.251 e. The van der Waals surface area contributed by atoms with Gasteiger partial charge in [-0.15, -0.1) is 0 Å². The summed E-state index contributed by atoms with van der Waals surface area (Å²) in [6, 6.07) is 27.0. The van der Waals surface area contributed by atoms with Gasteiger partial charge in [-0.1, -0.05) is 73.5 Å². The molecule has 1 fully saturated rings. The van der Waals surface area contributed by atoms with Crippen molar-refractivity contribution in [3.05, 3.63) is 106 Å². The smallest absolute Gasteiger partial charge is 0.251 e. The number of ether oxygens (including phenoxy) is 1. The fourth-order valence-electron chi connectivity index (χ4n) is 6.00. The zero-order valence-corrected chi connectivity index (χ0v) is 22.2. The van der Waals surface area contributed by atoms with E-state index in [4.69, 9.17) is 10.5 Å². The van der Waals surface area contributed by atoms with Gasteiger partial charge in [-0.2, -0.15) is 5.26 Å². The number of aryl methyl sites for hydroxylation is 1. The molecule has 1 aliphatic carbocycles. The second-order valence-corrected chi connectivity index (χ2v) is 11.4. The molecule has 0 spiro atoms. The van der Waals surface area contributed by atoms with Crippen LogP contribution < -0.4 is 11.1 Å². The quantitative estimate of drug-likeness (QED) is 0.451. The summed E-state index contributed by atoms with van der Waals surface area (Å²) in [5.41, 5.74) is 11.5. The van der Waals surface area contributed by atoms with Crippen molar-refractivity contribution in [3.8, 4) is 6.07 Å². The van der Waals surface area contributed by atoms with E-state index in [2.05, 4.69) is 53.9 Å². The number of nitriles is 1. The van der Waals surface area contributed by atoms with Gasteiger partial charge in [-0.3, -0.25) is 4.79 Å². The van der Waals surface area contributed by atoms with Gasteiger partial charge in [0.15, 0.2) is 0 Å². The summed E-state index contributed by atoms with van der Waals surface area (Å²) in [7, 11) is 0. The SMILES string of the molecule is CC1(N)COCc2cc(cc(C3(C#N)CCCC3)c2)C(=O)NC(c2ccccc2)CCc2cccc(c2)C1. The third-order valence-corrected chi connectivity index (χ3v) is 8.01. The number of nitrogens with one attached hydrogen (secondary N) is 1. The molecule has 3 aromatic carbocycles. The average molecular weight is 508 g/mol. The van der Waals surface area contributed by atoms with Gasteiger partial charge in [-0.05, 0) is 79.0 Å². The molecule has 2 aliphatic rings. The minimum atomic E-state index is -0.546. The molecule has 0 radical (unpaired) electrons. The van der Waals surface area contributed by atoms with Crippen LogP contribution in [0.3, 0.4) is 0 Å². The maximum absolute atomic E-state index is 13.7. The third kappa shape index (κ3) is 5.99. The molecular formula is C33H37N3O2. The normalized spacial score (nSPS) is 23.8. The van der Waals surface area contributed by atoms with Gasteiger partial charge in [0.25, 0.3) is 5.91 Å². The van der Waals surface area contributed by atoms with E-state index in [1.165, 1.54) is 11.1 Å². The van der Waals surface area contributed by atoms with Gasteiger partial charge in [0, 0.05) is 11.1 Å². The van der Waals surface area contributed by atoms with Crippen LogP contribution in [0.25, 0.3) is 0 Å². The van der Waals surface area contributed by atoms with Crippen molar-refractivity contribution in [1.82, 2.24) is 5.32 Å². The largest absolute Gasteiger partial charge is 0.375 e. The van der Waals surface area contributed by atoms with E-state index in [-0.39, 0.29) is 11.9 Å². The average Bonchev–Trinajstić information content (AvgIpc) is 3.41. The molecule has 5 rings (SSSR count). The highest BCUT2D eigenvalue weighted by Gasteiger charge is 2.36. The minimum absolute atomic E-state index is 0.127. The lowest BCUT2D eigenvalue weighted by Gasteiger charge is -2.26. The first-order valence-electron chi connectivity index (χ1n) is 13.7. The van der Waals surface area contributed by atoms with E-state index in [0.717, 1.165) is 55.2 Å².